The van der Waals surface area contributed by atoms with E-state index in [-0.39, 0.29) is 6.61 Å². The molecule has 0 saturated heterocycles. The fraction of sp³-hybridized carbons (Fsp3) is 0.286. The van der Waals surface area contributed by atoms with Crippen molar-refractivity contribution in [3.05, 3.63) is 52.9 Å². The SMILES string of the molecule is CN(CCc1ccccn1)c1ccc(Cl)c(CO)n1. The average molecular weight is 278 g/mol. The predicted octanol–water partition coefficient (Wildman–Crippen LogP) is 2.30. The van der Waals surface area contributed by atoms with Crippen LogP contribution in [-0.2, 0) is 13.0 Å². The Hall–Kier alpha value is -1.65. The van der Waals surface area contributed by atoms with Crippen molar-refractivity contribution in [1.29, 1.82) is 0 Å². The molecule has 0 aliphatic heterocycles. The molecule has 0 unspecified atom stereocenters. The van der Waals surface area contributed by atoms with E-state index in [4.69, 9.17) is 16.7 Å². The molecular weight excluding hydrogens is 262 g/mol. The summed E-state index contributed by atoms with van der Waals surface area (Å²) in [6.45, 7) is 0.650. The average Bonchev–Trinajstić information content (AvgIpc) is 2.46. The number of pyridine rings is 2. The van der Waals surface area contributed by atoms with Crippen LogP contribution in [0.25, 0.3) is 0 Å². The van der Waals surface area contributed by atoms with Gasteiger partial charge < -0.3 is 10.0 Å². The van der Waals surface area contributed by atoms with Gasteiger partial charge in [0.05, 0.1) is 17.3 Å². The van der Waals surface area contributed by atoms with Gasteiger partial charge in [0.1, 0.15) is 5.82 Å². The maximum Gasteiger partial charge on any atom is 0.128 e. The minimum Gasteiger partial charge on any atom is -0.390 e. The summed E-state index contributed by atoms with van der Waals surface area (Å²) in [5.41, 5.74) is 1.55. The Kier molecular flexibility index (Phi) is 4.71. The summed E-state index contributed by atoms with van der Waals surface area (Å²) in [6, 6.07) is 9.49. The lowest BCUT2D eigenvalue weighted by atomic mass is 10.2. The van der Waals surface area contributed by atoms with E-state index in [1.807, 2.05) is 36.2 Å². The summed E-state index contributed by atoms with van der Waals surface area (Å²) in [4.78, 5) is 10.6. The van der Waals surface area contributed by atoms with Crippen LogP contribution >= 0.6 is 11.6 Å². The minimum atomic E-state index is -0.152. The minimum absolute atomic E-state index is 0.152. The van der Waals surface area contributed by atoms with Crippen LogP contribution in [-0.4, -0.2) is 28.7 Å². The second kappa shape index (κ2) is 6.50. The molecule has 0 aliphatic rings. The van der Waals surface area contributed by atoms with Gasteiger partial charge in [-0.25, -0.2) is 4.98 Å². The zero-order chi connectivity index (χ0) is 13.7. The van der Waals surface area contributed by atoms with Crippen molar-refractivity contribution in [1.82, 2.24) is 9.97 Å². The normalized spacial score (nSPS) is 10.5. The standard InChI is InChI=1S/C14H16ClN3O/c1-18(9-7-11-4-2-3-8-16-11)14-6-5-12(15)13(10-19)17-14/h2-6,8,19H,7,9-10H2,1H3. The molecule has 0 aromatic carbocycles. The summed E-state index contributed by atoms with van der Waals surface area (Å²) < 4.78 is 0. The highest BCUT2D eigenvalue weighted by Crippen LogP contribution is 2.18. The molecule has 0 saturated carbocycles. The molecule has 0 atom stereocenters. The van der Waals surface area contributed by atoms with Crippen LogP contribution in [0.2, 0.25) is 5.02 Å². The highest BCUT2D eigenvalue weighted by Gasteiger charge is 2.07. The third-order valence-corrected chi connectivity index (χ3v) is 3.22. The quantitative estimate of drug-likeness (QED) is 0.911. The Balaban J connectivity index is 2.02. The molecule has 0 radical (unpaired) electrons. The summed E-state index contributed by atoms with van der Waals surface area (Å²) in [6.07, 6.45) is 2.63. The fourth-order valence-corrected chi connectivity index (χ4v) is 1.90. The van der Waals surface area contributed by atoms with Crippen molar-refractivity contribution < 1.29 is 5.11 Å². The number of aliphatic hydroxyl groups excluding tert-OH is 1. The number of aromatic nitrogens is 2. The zero-order valence-electron chi connectivity index (χ0n) is 10.8. The van der Waals surface area contributed by atoms with Crippen LogP contribution in [0.5, 0.6) is 0 Å². The molecule has 2 heterocycles. The first kappa shape index (κ1) is 13.8. The highest BCUT2D eigenvalue weighted by molar-refractivity contribution is 6.31. The number of hydrogen-bond acceptors (Lipinski definition) is 4. The molecule has 100 valence electrons. The van der Waals surface area contributed by atoms with Gasteiger partial charge in [0.25, 0.3) is 0 Å². The number of hydrogen-bond donors (Lipinski definition) is 1. The first-order valence-electron chi connectivity index (χ1n) is 6.08. The molecule has 0 bridgehead atoms. The van der Waals surface area contributed by atoms with Gasteiger partial charge in [-0.15, -0.1) is 0 Å². The van der Waals surface area contributed by atoms with Crippen molar-refractivity contribution in [2.75, 3.05) is 18.5 Å². The molecule has 2 aromatic heterocycles. The topological polar surface area (TPSA) is 49.2 Å². The third-order valence-electron chi connectivity index (χ3n) is 2.87. The first-order valence-corrected chi connectivity index (χ1v) is 6.46. The zero-order valence-corrected chi connectivity index (χ0v) is 11.5. The van der Waals surface area contributed by atoms with Gasteiger partial charge in [0.2, 0.25) is 0 Å². The summed E-state index contributed by atoms with van der Waals surface area (Å²) in [7, 11) is 1.96. The monoisotopic (exact) mass is 277 g/mol. The number of anilines is 1. The number of likely N-dealkylation sites (N-methyl/N-ethyl adjacent to an activating group) is 1. The molecule has 0 spiro atoms. The van der Waals surface area contributed by atoms with Crippen molar-refractivity contribution in [2.24, 2.45) is 0 Å². The van der Waals surface area contributed by atoms with E-state index in [0.717, 1.165) is 24.5 Å². The van der Waals surface area contributed by atoms with E-state index in [9.17, 15) is 0 Å². The van der Waals surface area contributed by atoms with Crippen molar-refractivity contribution in [3.8, 4) is 0 Å². The van der Waals surface area contributed by atoms with Crippen molar-refractivity contribution >= 4 is 17.4 Å². The number of rotatable bonds is 5. The molecule has 0 fully saturated rings. The van der Waals surface area contributed by atoms with E-state index in [0.29, 0.717) is 10.7 Å². The molecule has 0 amide bonds. The van der Waals surface area contributed by atoms with E-state index in [1.165, 1.54) is 0 Å². The lowest BCUT2D eigenvalue weighted by molar-refractivity contribution is 0.277. The van der Waals surface area contributed by atoms with E-state index >= 15 is 0 Å². The van der Waals surface area contributed by atoms with Crippen LogP contribution in [0.15, 0.2) is 36.5 Å². The van der Waals surface area contributed by atoms with E-state index in [2.05, 4.69) is 9.97 Å². The van der Waals surface area contributed by atoms with Gasteiger partial charge in [0, 0.05) is 31.9 Å². The molecule has 2 rings (SSSR count). The predicted molar refractivity (Wildman–Crippen MR) is 76.4 cm³/mol. The Morgan fingerprint density at radius 3 is 2.79 bits per heavy atom. The second-order valence-electron chi connectivity index (χ2n) is 4.25. The Bertz CT molecular complexity index is 533. The third kappa shape index (κ3) is 3.66. The molecule has 0 aliphatic carbocycles. The maximum absolute atomic E-state index is 9.16. The largest absolute Gasteiger partial charge is 0.390 e. The van der Waals surface area contributed by atoms with Crippen LogP contribution in [0.3, 0.4) is 0 Å². The molecule has 19 heavy (non-hydrogen) atoms. The fourth-order valence-electron chi connectivity index (χ4n) is 1.74. The number of halogens is 1. The van der Waals surface area contributed by atoms with Gasteiger partial charge in [-0.3, -0.25) is 4.98 Å². The molecule has 5 heteroatoms. The molecule has 1 N–H and O–H groups in total. The van der Waals surface area contributed by atoms with Crippen LogP contribution < -0.4 is 4.90 Å². The molecule has 2 aromatic rings. The first-order chi connectivity index (χ1) is 9.20. The number of nitrogens with zero attached hydrogens (tertiary/aromatic N) is 3. The van der Waals surface area contributed by atoms with E-state index < -0.39 is 0 Å². The van der Waals surface area contributed by atoms with Crippen LogP contribution in [0, 0.1) is 0 Å². The van der Waals surface area contributed by atoms with Gasteiger partial charge >= 0.3 is 0 Å². The van der Waals surface area contributed by atoms with Crippen molar-refractivity contribution in [2.45, 2.75) is 13.0 Å². The van der Waals surface area contributed by atoms with E-state index in [1.54, 1.807) is 12.3 Å². The van der Waals surface area contributed by atoms with Gasteiger partial charge in [0.15, 0.2) is 0 Å². The van der Waals surface area contributed by atoms with Crippen LogP contribution in [0.1, 0.15) is 11.4 Å². The molecule has 4 nitrogen and oxygen atoms in total. The van der Waals surface area contributed by atoms with Crippen molar-refractivity contribution in [3.63, 3.8) is 0 Å². The molecular formula is C14H16ClN3O. The lowest BCUT2D eigenvalue weighted by Crippen LogP contribution is -2.22. The highest BCUT2D eigenvalue weighted by atomic mass is 35.5. The Morgan fingerprint density at radius 1 is 1.26 bits per heavy atom. The Morgan fingerprint density at radius 2 is 2.11 bits per heavy atom. The Labute approximate surface area is 117 Å². The summed E-state index contributed by atoms with van der Waals surface area (Å²) in [5, 5.41) is 9.65. The number of aliphatic hydroxyl groups is 1. The lowest BCUT2D eigenvalue weighted by Gasteiger charge is -2.18. The van der Waals surface area contributed by atoms with Gasteiger partial charge in [-0.05, 0) is 24.3 Å². The van der Waals surface area contributed by atoms with Crippen LogP contribution in [0.4, 0.5) is 5.82 Å². The second-order valence-corrected chi connectivity index (χ2v) is 4.66. The van der Waals surface area contributed by atoms with Gasteiger partial charge in [-0.1, -0.05) is 17.7 Å². The summed E-state index contributed by atoms with van der Waals surface area (Å²) in [5.74, 6) is 0.796. The van der Waals surface area contributed by atoms with Gasteiger partial charge in [-0.2, -0.15) is 0 Å². The summed E-state index contributed by atoms with van der Waals surface area (Å²) >= 11 is 5.92. The maximum atomic E-state index is 9.16. The smallest absolute Gasteiger partial charge is 0.128 e.